The summed E-state index contributed by atoms with van der Waals surface area (Å²) in [6.45, 7) is 0. The van der Waals surface area contributed by atoms with E-state index in [-0.39, 0.29) is 5.56 Å². The van der Waals surface area contributed by atoms with Crippen molar-refractivity contribution in [1.29, 1.82) is 0 Å². The van der Waals surface area contributed by atoms with Crippen molar-refractivity contribution in [3.63, 3.8) is 0 Å². The van der Waals surface area contributed by atoms with Gasteiger partial charge < -0.3 is 4.98 Å². The SMILES string of the molecule is O=c1[nH]c(Sc2cccnc2)nc2nc(CCCC34CC5CC(CC(C5)C3)C4)[nH]c12. The zero-order valence-electron chi connectivity index (χ0n) is 17.1. The molecule has 0 atom stereocenters. The fraction of sp³-hybridized carbons (Fsp3) is 0.565. The molecule has 30 heavy (non-hydrogen) atoms. The predicted octanol–water partition coefficient (Wildman–Crippen LogP) is 4.73. The number of pyridine rings is 1. The maximum atomic E-state index is 12.5. The van der Waals surface area contributed by atoms with Crippen LogP contribution in [0.15, 0.2) is 39.4 Å². The van der Waals surface area contributed by atoms with Gasteiger partial charge in [0.25, 0.3) is 5.56 Å². The van der Waals surface area contributed by atoms with E-state index in [0.717, 1.165) is 41.3 Å². The summed E-state index contributed by atoms with van der Waals surface area (Å²) in [5.41, 5.74) is 1.43. The Morgan fingerprint density at radius 1 is 1.07 bits per heavy atom. The summed E-state index contributed by atoms with van der Waals surface area (Å²) >= 11 is 1.39. The fourth-order valence-electron chi connectivity index (χ4n) is 6.85. The van der Waals surface area contributed by atoms with Gasteiger partial charge in [-0.2, -0.15) is 0 Å². The van der Waals surface area contributed by atoms with E-state index in [9.17, 15) is 4.79 Å². The van der Waals surface area contributed by atoms with E-state index in [4.69, 9.17) is 0 Å². The molecule has 0 spiro atoms. The maximum Gasteiger partial charge on any atom is 0.277 e. The molecule has 0 aliphatic heterocycles. The number of fused-ring (bicyclic) bond motifs is 1. The Morgan fingerprint density at radius 2 is 1.83 bits per heavy atom. The molecule has 4 bridgehead atoms. The van der Waals surface area contributed by atoms with Crippen LogP contribution in [0, 0.1) is 23.2 Å². The van der Waals surface area contributed by atoms with Crippen LogP contribution in [0.5, 0.6) is 0 Å². The summed E-state index contributed by atoms with van der Waals surface area (Å²) in [4.78, 5) is 32.8. The summed E-state index contributed by atoms with van der Waals surface area (Å²) in [7, 11) is 0. The molecular weight excluding hydrogens is 394 g/mol. The van der Waals surface area contributed by atoms with Crippen molar-refractivity contribution in [2.45, 2.75) is 67.8 Å². The second-order valence-corrected chi connectivity index (χ2v) is 10.9. The van der Waals surface area contributed by atoms with Crippen LogP contribution >= 0.6 is 11.8 Å². The molecule has 3 heterocycles. The first-order valence-electron chi connectivity index (χ1n) is 11.2. The Balaban J connectivity index is 1.15. The molecule has 3 aromatic heterocycles. The maximum absolute atomic E-state index is 12.5. The molecule has 7 heteroatoms. The van der Waals surface area contributed by atoms with Gasteiger partial charge in [-0.15, -0.1) is 0 Å². The Morgan fingerprint density at radius 3 is 2.53 bits per heavy atom. The smallest absolute Gasteiger partial charge is 0.277 e. The van der Waals surface area contributed by atoms with Gasteiger partial charge in [-0.05, 0) is 86.7 Å². The van der Waals surface area contributed by atoms with Crippen molar-refractivity contribution in [2.24, 2.45) is 23.2 Å². The Bertz CT molecular complexity index is 1090. The van der Waals surface area contributed by atoms with E-state index in [2.05, 4.69) is 24.9 Å². The third-order valence-corrected chi connectivity index (χ3v) is 8.39. The molecule has 4 aliphatic rings. The lowest BCUT2D eigenvalue weighted by atomic mass is 9.48. The number of aryl methyl sites for hydroxylation is 1. The van der Waals surface area contributed by atoms with Crippen LogP contribution in [-0.4, -0.2) is 24.9 Å². The number of aromatic nitrogens is 5. The molecular formula is C23H27N5OS. The highest BCUT2D eigenvalue weighted by atomic mass is 32.2. The monoisotopic (exact) mass is 421 g/mol. The zero-order valence-corrected chi connectivity index (χ0v) is 17.9. The van der Waals surface area contributed by atoms with Gasteiger partial charge in [0.15, 0.2) is 16.3 Å². The second-order valence-electron chi connectivity index (χ2n) is 9.82. The lowest BCUT2D eigenvalue weighted by Gasteiger charge is -2.57. The Kier molecular flexibility index (Phi) is 4.48. The molecule has 4 fully saturated rings. The topological polar surface area (TPSA) is 87.3 Å². The van der Waals surface area contributed by atoms with Gasteiger partial charge in [0.05, 0.1) is 0 Å². The molecule has 7 rings (SSSR count). The summed E-state index contributed by atoms with van der Waals surface area (Å²) in [5.74, 6) is 3.89. The van der Waals surface area contributed by atoms with Gasteiger partial charge in [0, 0.05) is 23.7 Å². The summed E-state index contributed by atoms with van der Waals surface area (Å²) in [6.07, 6.45) is 15.7. The van der Waals surface area contributed by atoms with Gasteiger partial charge >= 0.3 is 0 Å². The number of rotatable bonds is 6. The zero-order chi connectivity index (χ0) is 20.1. The molecule has 0 unspecified atom stereocenters. The number of nitrogens with zero attached hydrogens (tertiary/aromatic N) is 3. The van der Waals surface area contributed by atoms with Crippen molar-refractivity contribution in [2.75, 3.05) is 0 Å². The van der Waals surface area contributed by atoms with Crippen molar-refractivity contribution in [3.05, 3.63) is 40.7 Å². The molecule has 0 saturated heterocycles. The van der Waals surface area contributed by atoms with Gasteiger partial charge in [-0.25, -0.2) is 9.97 Å². The number of hydrogen-bond acceptors (Lipinski definition) is 5. The summed E-state index contributed by atoms with van der Waals surface area (Å²) in [5, 5.41) is 0.548. The normalized spacial score (nSPS) is 29.7. The first kappa shape index (κ1) is 18.6. The fourth-order valence-corrected chi connectivity index (χ4v) is 7.61. The molecule has 0 aromatic carbocycles. The Labute approximate surface area is 179 Å². The van der Waals surface area contributed by atoms with E-state index in [1.54, 1.807) is 12.4 Å². The van der Waals surface area contributed by atoms with E-state index in [1.807, 2.05) is 12.1 Å². The van der Waals surface area contributed by atoms with E-state index >= 15 is 0 Å². The molecule has 3 aromatic rings. The Hall–Kier alpha value is -2.15. The summed E-state index contributed by atoms with van der Waals surface area (Å²) in [6, 6.07) is 3.82. The minimum atomic E-state index is -0.161. The highest BCUT2D eigenvalue weighted by molar-refractivity contribution is 7.99. The minimum absolute atomic E-state index is 0.161. The van der Waals surface area contributed by atoms with Gasteiger partial charge in [-0.3, -0.25) is 14.8 Å². The molecule has 4 saturated carbocycles. The number of aromatic amines is 2. The first-order chi connectivity index (χ1) is 14.6. The van der Waals surface area contributed by atoms with Crippen molar-refractivity contribution >= 4 is 22.9 Å². The quantitative estimate of drug-likeness (QED) is 0.562. The molecule has 0 amide bonds. The van der Waals surface area contributed by atoms with Crippen LogP contribution in [0.25, 0.3) is 11.2 Å². The lowest BCUT2D eigenvalue weighted by Crippen LogP contribution is -2.45. The molecule has 2 N–H and O–H groups in total. The molecule has 0 radical (unpaired) electrons. The van der Waals surface area contributed by atoms with Gasteiger partial charge in [-0.1, -0.05) is 11.8 Å². The van der Waals surface area contributed by atoms with Crippen LogP contribution in [0.2, 0.25) is 0 Å². The highest BCUT2D eigenvalue weighted by Crippen LogP contribution is 2.61. The molecule has 156 valence electrons. The summed E-state index contributed by atoms with van der Waals surface area (Å²) < 4.78 is 0. The molecule has 6 nitrogen and oxygen atoms in total. The average Bonchev–Trinajstić information content (AvgIpc) is 3.11. The number of hydrogen-bond donors (Lipinski definition) is 2. The predicted molar refractivity (Wildman–Crippen MR) is 116 cm³/mol. The molecule has 4 aliphatic carbocycles. The second kappa shape index (κ2) is 7.22. The first-order valence-corrected chi connectivity index (χ1v) is 12.0. The van der Waals surface area contributed by atoms with Crippen LogP contribution in [-0.2, 0) is 6.42 Å². The van der Waals surface area contributed by atoms with Crippen LogP contribution < -0.4 is 5.56 Å². The largest absolute Gasteiger partial charge is 0.336 e. The third-order valence-electron chi connectivity index (χ3n) is 7.52. The van der Waals surface area contributed by atoms with Crippen molar-refractivity contribution in [3.8, 4) is 0 Å². The average molecular weight is 422 g/mol. The number of nitrogens with one attached hydrogen (secondary N) is 2. The van der Waals surface area contributed by atoms with Gasteiger partial charge in [0.2, 0.25) is 0 Å². The number of imidazole rings is 1. The van der Waals surface area contributed by atoms with Crippen molar-refractivity contribution < 1.29 is 0 Å². The lowest BCUT2D eigenvalue weighted by molar-refractivity contribution is -0.0580. The standard InChI is InChI=1S/C23H27N5OS/c29-21-19-20(27-22(28-21)30-17-3-2-6-24-13-17)26-18(25-19)4-1-5-23-10-14-7-15(11-23)9-16(8-14)12-23/h2-3,6,13-16H,1,4-5,7-12H2,(H2,25,26,27,28,29). The van der Waals surface area contributed by atoms with E-state index in [1.165, 1.54) is 56.7 Å². The van der Waals surface area contributed by atoms with Gasteiger partial charge in [0.1, 0.15) is 5.82 Å². The number of H-pyrrole nitrogens is 2. The van der Waals surface area contributed by atoms with Crippen LogP contribution in [0.1, 0.15) is 57.2 Å². The van der Waals surface area contributed by atoms with E-state index < -0.39 is 0 Å². The van der Waals surface area contributed by atoms with Crippen LogP contribution in [0.3, 0.4) is 0 Å². The van der Waals surface area contributed by atoms with Crippen molar-refractivity contribution in [1.82, 2.24) is 24.9 Å². The van der Waals surface area contributed by atoms with E-state index in [0.29, 0.717) is 21.7 Å². The van der Waals surface area contributed by atoms with Crippen LogP contribution in [0.4, 0.5) is 0 Å². The highest BCUT2D eigenvalue weighted by Gasteiger charge is 2.50. The minimum Gasteiger partial charge on any atom is -0.336 e. The third kappa shape index (κ3) is 3.47.